The van der Waals surface area contributed by atoms with Crippen molar-refractivity contribution in [2.75, 3.05) is 46.5 Å². The molecule has 1 aliphatic carbocycles. The molecule has 2 fully saturated rings. The van der Waals surface area contributed by atoms with Crippen LogP contribution in [-0.2, 0) is 30.7 Å². The molecule has 2 aromatic rings. The lowest BCUT2D eigenvalue weighted by Crippen LogP contribution is -2.36. The van der Waals surface area contributed by atoms with Crippen LogP contribution in [0, 0.1) is 5.92 Å². The van der Waals surface area contributed by atoms with Crippen LogP contribution in [0.15, 0.2) is 22.7 Å². The van der Waals surface area contributed by atoms with Gasteiger partial charge in [-0.2, -0.15) is 0 Å². The molecule has 32 heavy (non-hydrogen) atoms. The lowest BCUT2D eigenvalue weighted by molar-refractivity contribution is 0.0338. The fourth-order valence-corrected chi connectivity index (χ4v) is 5.65. The fraction of sp³-hybridized carbons (Fsp3) is 0.654. The van der Waals surface area contributed by atoms with E-state index < -0.39 is 0 Å². The molecule has 6 heteroatoms. The van der Waals surface area contributed by atoms with Crippen molar-refractivity contribution in [3.8, 4) is 5.75 Å². The van der Waals surface area contributed by atoms with E-state index in [1.165, 1.54) is 47.4 Å². The number of rotatable bonds is 6. The highest BCUT2D eigenvalue weighted by Crippen LogP contribution is 2.36. The molecule has 2 saturated heterocycles. The number of methoxy groups -OCH3 is 1. The van der Waals surface area contributed by atoms with Crippen molar-refractivity contribution < 1.29 is 14.0 Å². The molecule has 0 radical (unpaired) electrons. The quantitative estimate of drug-likeness (QED) is 0.678. The molecule has 1 aromatic heterocycles. The summed E-state index contributed by atoms with van der Waals surface area (Å²) in [5.41, 5.74) is 5.28. The lowest BCUT2D eigenvalue weighted by Gasteiger charge is -2.32. The third-order valence-corrected chi connectivity index (χ3v) is 7.45. The number of benzene rings is 1. The standard InChI is InChI=1S/C26H37N3O3/c1-19-5-7-24-23(14-19)26(32-27-24)21-4-3-9-29(17-21)16-20-6-8-25(30-2)22(15-20)18-28-10-12-31-13-11-28/h6,8,15,19,21H,3-5,7,9-14,16-18H2,1-2H3/t19-,21-/m0/s1. The third-order valence-electron chi connectivity index (χ3n) is 7.45. The van der Waals surface area contributed by atoms with Crippen LogP contribution in [-0.4, -0.2) is 61.5 Å². The van der Waals surface area contributed by atoms with Crippen molar-refractivity contribution in [3.05, 3.63) is 46.3 Å². The van der Waals surface area contributed by atoms with Crippen molar-refractivity contribution in [2.24, 2.45) is 5.92 Å². The van der Waals surface area contributed by atoms with Gasteiger partial charge < -0.3 is 14.0 Å². The summed E-state index contributed by atoms with van der Waals surface area (Å²) in [4.78, 5) is 5.05. The third kappa shape index (κ3) is 4.87. The van der Waals surface area contributed by atoms with Gasteiger partial charge in [0.05, 0.1) is 26.0 Å². The fourth-order valence-electron chi connectivity index (χ4n) is 5.65. The Morgan fingerprint density at radius 3 is 2.81 bits per heavy atom. The second kappa shape index (κ2) is 9.94. The topological polar surface area (TPSA) is 51.0 Å². The number of aromatic nitrogens is 1. The predicted molar refractivity (Wildman–Crippen MR) is 124 cm³/mol. The van der Waals surface area contributed by atoms with Crippen LogP contribution in [0.2, 0.25) is 0 Å². The van der Waals surface area contributed by atoms with E-state index in [2.05, 4.69) is 40.1 Å². The predicted octanol–water partition coefficient (Wildman–Crippen LogP) is 4.02. The molecule has 6 nitrogen and oxygen atoms in total. The highest BCUT2D eigenvalue weighted by atomic mass is 16.5. The molecule has 0 amide bonds. The number of hydrogen-bond donors (Lipinski definition) is 0. The van der Waals surface area contributed by atoms with E-state index in [4.69, 9.17) is 14.0 Å². The van der Waals surface area contributed by atoms with Gasteiger partial charge in [-0.3, -0.25) is 9.80 Å². The number of hydrogen-bond acceptors (Lipinski definition) is 6. The normalized spacial score (nSPS) is 24.9. The van der Waals surface area contributed by atoms with Gasteiger partial charge in [0.1, 0.15) is 11.5 Å². The Bertz CT molecular complexity index is 906. The monoisotopic (exact) mass is 439 g/mol. The molecule has 0 N–H and O–H groups in total. The van der Waals surface area contributed by atoms with Crippen LogP contribution in [0.25, 0.3) is 0 Å². The molecule has 3 aliphatic rings. The van der Waals surface area contributed by atoms with Gasteiger partial charge in [0.25, 0.3) is 0 Å². The summed E-state index contributed by atoms with van der Waals surface area (Å²) in [5.74, 6) is 3.37. The zero-order chi connectivity index (χ0) is 21.9. The Hall–Kier alpha value is -1.89. The average Bonchev–Trinajstić information content (AvgIpc) is 3.23. The number of fused-ring (bicyclic) bond motifs is 1. The largest absolute Gasteiger partial charge is 0.496 e. The van der Waals surface area contributed by atoms with Crippen LogP contribution in [0.5, 0.6) is 5.75 Å². The van der Waals surface area contributed by atoms with E-state index >= 15 is 0 Å². The minimum absolute atomic E-state index is 0.469. The Labute approximate surface area is 191 Å². The second-order valence-corrected chi connectivity index (χ2v) is 9.93. The summed E-state index contributed by atoms with van der Waals surface area (Å²) < 4.78 is 17.1. The van der Waals surface area contributed by atoms with Crippen molar-refractivity contribution in [3.63, 3.8) is 0 Å². The van der Waals surface area contributed by atoms with E-state index in [0.717, 1.165) is 77.0 Å². The highest BCUT2D eigenvalue weighted by Gasteiger charge is 2.31. The molecule has 3 heterocycles. The highest BCUT2D eigenvalue weighted by molar-refractivity contribution is 5.37. The molecule has 5 rings (SSSR count). The van der Waals surface area contributed by atoms with Crippen LogP contribution in [0.3, 0.4) is 0 Å². The first-order valence-corrected chi connectivity index (χ1v) is 12.3. The van der Waals surface area contributed by atoms with Gasteiger partial charge in [-0.15, -0.1) is 0 Å². The smallest absolute Gasteiger partial charge is 0.144 e. The Kier molecular flexibility index (Phi) is 6.81. The summed E-state index contributed by atoms with van der Waals surface area (Å²) in [7, 11) is 1.77. The van der Waals surface area contributed by atoms with E-state index in [1.807, 2.05) is 0 Å². The summed E-state index contributed by atoms with van der Waals surface area (Å²) >= 11 is 0. The van der Waals surface area contributed by atoms with E-state index in [-0.39, 0.29) is 0 Å². The van der Waals surface area contributed by atoms with Crippen LogP contribution in [0.4, 0.5) is 0 Å². The van der Waals surface area contributed by atoms with Gasteiger partial charge in [-0.1, -0.05) is 18.1 Å². The molecular weight excluding hydrogens is 402 g/mol. The average molecular weight is 440 g/mol. The van der Waals surface area contributed by atoms with Gasteiger partial charge in [0.15, 0.2) is 0 Å². The van der Waals surface area contributed by atoms with Gasteiger partial charge in [0, 0.05) is 49.8 Å². The molecule has 2 aliphatic heterocycles. The zero-order valence-corrected chi connectivity index (χ0v) is 19.6. The molecule has 0 spiro atoms. The number of likely N-dealkylation sites (tertiary alicyclic amines) is 1. The second-order valence-electron chi connectivity index (χ2n) is 9.93. The van der Waals surface area contributed by atoms with Crippen molar-refractivity contribution in [2.45, 2.75) is 58.0 Å². The van der Waals surface area contributed by atoms with Crippen LogP contribution < -0.4 is 4.74 Å². The number of nitrogens with zero attached hydrogens (tertiary/aromatic N) is 3. The molecule has 174 valence electrons. The van der Waals surface area contributed by atoms with Crippen LogP contribution >= 0.6 is 0 Å². The maximum absolute atomic E-state index is 5.93. The summed E-state index contributed by atoms with van der Waals surface area (Å²) in [6.45, 7) is 10.1. The molecule has 1 aromatic carbocycles. The Morgan fingerprint density at radius 2 is 1.97 bits per heavy atom. The molecule has 0 unspecified atom stereocenters. The van der Waals surface area contributed by atoms with Crippen molar-refractivity contribution >= 4 is 0 Å². The molecular formula is C26H37N3O3. The number of piperidine rings is 1. The van der Waals surface area contributed by atoms with E-state index in [1.54, 1.807) is 7.11 Å². The summed E-state index contributed by atoms with van der Waals surface area (Å²) in [5, 5.41) is 4.44. The number of aryl methyl sites for hydroxylation is 1. The van der Waals surface area contributed by atoms with Crippen molar-refractivity contribution in [1.29, 1.82) is 0 Å². The van der Waals surface area contributed by atoms with Gasteiger partial charge >= 0.3 is 0 Å². The zero-order valence-electron chi connectivity index (χ0n) is 19.6. The first-order valence-electron chi connectivity index (χ1n) is 12.3. The first kappa shape index (κ1) is 21.9. The summed E-state index contributed by atoms with van der Waals surface area (Å²) in [6, 6.07) is 6.71. The first-order chi connectivity index (χ1) is 15.7. The molecule has 2 atom stereocenters. The maximum atomic E-state index is 5.93. The number of ether oxygens (including phenoxy) is 2. The van der Waals surface area contributed by atoms with Crippen molar-refractivity contribution in [1.82, 2.24) is 15.0 Å². The molecule has 0 bridgehead atoms. The Morgan fingerprint density at radius 1 is 1.09 bits per heavy atom. The molecule has 0 saturated carbocycles. The minimum Gasteiger partial charge on any atom is -0.496 e. The van der Waals surface area contributed by atoms with E-state index in [9.17, 15) is 0 Å². The van der Waals surface area contributed by atoms with E-state index in [0.29, 0.717) is 5.92 Å². The minimum atomic E-state index is 0.469. The number of morpholine rings is 1. The van der Waals surface area contributed by atoms with Gasteiger partial charge in [-0.05, 0) is 62.3 Å². The Balaban J connectivity index is 1.27. The van der Waals surface area contributed by atoms with Crippen LogP contribution in [0.1, 0.15) is 60.2 Å². The summed E-state index contributed by atoms with van der Waals surface area (Å²) in [6.07, 6.45) is 5.87. The lowest BCUT2D eigenvalue weighted by atomic mass is 9.84. The SMILES string of the molecule is COc1ccc(CN2CCC[C@H](c3onc4c3C[C@@H](C)CC4)C2)cc1CN1CCOCC1. The maximum Gasteiger partial charge on any atom is 0.144 e. The van der Waals surface area contributed by atoms with Gasteiger partial charge in [0.2, 0.25) is 0 Å². The van der Waals surface area contributed by atoms with Gasteiger partial charge in [-0.25, -0.2) is 0 Å².